The minimum atomic E-state index is -0.813. The average Bonchev–Trinajstić information content (AvgIpc) is 2.99. The van der Waals surface area contributed by atoms with Crippen molar-refractivity contribution in [2.24, 2.45) is 28.0 Å². The molecule has 4 aliphatic rings. The van der Waals surface area contributed by atoms with E-state index >= 15 is 0 Å². The number of ether oxygens (including phenoxy) is 2. The fourth-order valence-electron chi connectivity index (χ4n) is 7.86. The Kier molecular flexibility index (Phi) is 10.6. The van der Waals surface area contributed by atoms with E-state index in [9.17, 15) is 20.1 Å². The molecule has 0 amide bonds. The number of rotatable bonds is 2. The Morgan fingerprint density at radius 1 is 1.16 bits per heavy atom. The van der Waals surface area contributed by atoms with Gasteiger partial charge in [0, 0.05) is 44.3 Å². The molecule has 44 heavy (non-hydrogen) atoms. The number of phenolic OH excluding ortho intramolecular Hbond substituents is 1. The highest BCUT2D eigenvalue weighted by atomic mass is 16.5. The van der Waals surface area contributed by atoms with Gasteiger partial charge in [0.1, 0.15) is 12.2 Å². The molecule has 9 atom stereocenters. The van der Waals surface area contributed by atoms with Crippen LogP contribution in [-0.2, 0) is 16.0 Å². The van der Waals surface area contributed by atoms with Gasteiger partial charge in [-0.05, 0) is 88.4 Å². The first-order chi connectivity index (χ1) is 21.2. The van der Waals surface area contributed by atoms with Gasteiger partial charge >= 0.3 is 5.97 Å². The van der Waals surface area contributed by atoms with E-state index in [-0.39, 0.29) is 48.2 Å². The molecular formula is C34H50N4O6. The Morgan fingerprint density at radius 3 is 2.77 bits per heavy atom. The van der Waals surface area contributed by atoms with Gasteiger partial charge in [0.05, 0.1) is 17.6 Å². The van der Waals surface area contributed by atoms with Crippen LogP contribution in [-0.4, -0.2) is 77.3 Å². The zero-order valence-corrected chi connectivity index (χ0v) is 26.1. The molecule has 9 unspecified atom stereocenters. The number of aliphatic hydroxyl groups excluding tert-OH is 2. The zero-order chi connectivity index (χ0) is 31.3. The number of hydrogen-bond acceptors (Lipinski definition) is 8. The Bertz CT molecular complexity index is 1250. The van der Waals surface area contributed by atoms with Crippen LogP contribution in [0.1, 0.15) is 83.1 Å². The summed E-state index contributed by atoms with van der Waals surface area (Å²) in [5.74, 6) is 7.35. The van der Waals surface area contributed by atoms with E-state index in [1.807, 2.05) is 12.1 Å². The molecular weight excluding hydrogens is 560 g/mol. The molecule has 1 aromatic carbocycles. The van der Waals surface area contributed by atoms with Crippen LogP contribution < -0.4 is 21.1 Å². The number of carbonyl (C=O) groups is 1. The Hall–Kier alpha value is -3.00. The molecule has 10 heteroatoms. The second-order valence-corrected chi connectivity index (χ2v) is 13.3. The predicted octanol–water partition coefficient (Wildman–Crippen LogP) is 2.76. The smallest absolute Gasteiger partial charge is 0.302 e. The van der Waals surface area contributed by atoms with Gasteiger partial charge in [0.25, 0.3) is 0 Å². The van der Waals surface area contributed by atoms with Gasteiger partial charge in [-0.15, -0.1) is 0 Å². The number of fused-ring (bicyclic) bond motifs is 5. The number of nitrogens with one attached hydrogen (secondary N) is 2. The average molecular weight is 611 g/mol. The van der Waals surface area contributed by atoms with Crippen LogP contribution in [0.4, 0.5) is 0 Å². The van der Waals surface area contributed by atoms with E-state index in [0.717, 1.165) is 57.1 Å². The number of nitrogens with two attached hydrogens (primary N) is 1. The summed E-state index contributed by atoms with van der Waals surface area (Å²) in [5, 5.41) is 40.6. The van der Waals surface area contributed by atoms with Crippen LogP contribution in [0.25, 0.3) is 0 Å². The maximum atomic E-state index is 12.4. The molecule has 2 aliphatic heterocycles. The summed E-state index contributed by atoms with van der Waals surface area (Å²) in [6.45, 7) is 2.26. The van der Waals surface area contributed by atoms with Gasteiger partial charge < -0.3 is 41.2 Å². The number of guanidine groups is 1. The normalized spacial score (nSPS) is 36.5. The fraction of sp³-hybridized carbons (Fsp3) is 0.706. The van der Waals surface area contributed by atoms with Crippen molar-refractivity contribution in [1.29, 1.82) is 0 Å². The molecule has 2 fully saturated rings. The third-order valence-electron chi connectivity index (χ3n) is 10.3. The third kappa shape index (κ3) is 7.61. The van der Waals surface area contributed by atoms with Crippen molar-refractivity contribution in [2.75, 3.05) is 13.6 Å². The molecule has 5 rings (SSSR count). The van der Waals surface area contributed by atoms with Gasteiger partial charge in [-0.1, -0.05) is 24.3 Å². The highest BCUT2D eigenvalue weighted by molar-refractivity contribution is 5.78. The number of phenols is 1. The van der Waals surface area contributed by atoms with E-state index in [2.05, 4.69) is 27.5 Å². The maximum absolute atomic E-state index is 12.4. The van der Waals surface area contributed by atoms with Gasteiger partial charge in [-0.2, -0.15) is 0 Å². The largest absolute Gasteiger partial charge is 0.504 e. The van der Waals surface area contributed by atoms with Gasteiger partial charge in [0.15, 0.2) is 17.5 Å². The number of esters is 1. The topological polar surface area (TPSA) is 159 Å². The first-order valence-electron chi connectivity index (χ1n) is 16.4. The molecule has 1 saturated carbocycles. The third-order valence-corrected chi connectivity index (χ3v) is 10.3. The molecule has 1 aromatic rings. The monoisotopic (exact) mass is 610 g/mol. The Balaban J connectivity index is 1.60. The zero-order valence-electron chi connectivity index (χ0n) is 26.1. The molecule has 242 valence electrons. The van der Waals surface area contributed by atoms with Crippen LogP contribution in [0.3, 0.4) is 0 Å². The highest BCUT2D eigenvalue weighted by Gasteiger charge is 2.47. The summed E-state index contributed by atoms with van der Waals surface area (Å²) in [7, 11) is 1.63. The van der Waals surface area contributed by atoms with E-state index in [1.54, 1.807) is 13.1 Å². The van der Waals surface area contributed by atoms with Crippen molar-refractivity contribution in [3.8, 4) is 23.3 Å². The number of piperidine rings is 1. The molecule has 2 aliphatic carbocycles. The SMILES string of the molecule is CN=C(N)NC1CCCC(O)C12C#CC1CCCC3CC(CCN3)Oc3cc(ccc3O)CC1C(OC(C)=O)CC(O)CC2. The lowest BCUT2D eigenvalue weighted by atomic mass is 9.64. The molecule has 1 saturated heterocycles. The van der Waals surface area contributed by atoms with Crippen molar-refractivity contribution >= 4 is 11.9 Å². The molecule has 1 spiro atoms. The van der Waals surface area contributed by atoms with Crippen molar-refractivity contribution in [1.82, 2.24) is 10.6 Å². The fourth-order valence-corrected chi connectivity index (χ4v) is 7.86. The first-order valence-corrected chi connectivity index (χ1v) is 16.4. The Morgan fingerprint density at radius 2 is 1.98 bits per heavy atom. The van der Waals surface area contributed by atoms with Crippen LogP contribution in [0.2, 0.25) is 0 Å². The quantitative estimate of drug-likeness (QED) is 0.128. The number of hydrogen-bond donors (Lipinski definition) is 6. The molecule has 4 bridgehead atoms. The summed E-state index contributed by atoms with van der Waals surface area (Å²) in [4.78, 5) is 16.5. The predicted molar refractivity (Wildman–Crippen MR) is 168 cm³/mol. The number of aromatic hydroxyl groups is 1. The van der Waals surface area contributed by atoms with Crippen molar-refractivity contribution < 1.29 is 29.6 Å². The van der Waals surface area contributed by atoms with Crippen molar-refractivity contribution in [3.63, 3.8) is 0 Å². The molecule has 0 radical (unpaired) electrons. The lowest BCUT2D eigenvalue weighted by Crippen LogP contribution is -2.57. The first kappa shape index (κ1) is 32.4. The number of benzene rings is 1. The van der Waals surface area contributed by atoms with Crippen LogP contribution in [0, 0.1) is 29.1 Å². The second kappa shape index (κ2) is 14.4. The summed E-state index contributed by atoms with van der Waals surface area (Å²) in [6.07, 6.45) is 6.31. The van der Waals surface area contributed by atoms with E-state index in [0.29, 0.717) is 37.4 Å². The molecule has 0 aromatic heterocycles. The van der Waals surface area contributed by atoms with Gasteiger partial charge in [-0.25, -0.2) is 0 Å². The van der Waals surface area contributed by atoms with E-state index in [4.69, 9.17) is 15.2 Å². The number of carbonyl (C=O) groups excluding carboxylic acids is 1. The van der Waals surface area contributed by atoms with Gasteiger partial charge in [-0.3, -0.25) is 9.79 Å². The van der Waals surface area contributed by atoms with Crippen molar-refractivity contribution in [3.05, 3.63) is 23.8 Å². The summed E-state index contributed by atoms with van der Waals surface area (Å²) >= 11 is 0. The minimum absolute atomic E-state index is 0.0174. The van der Waals surface area contributed by atoms with Crippen LogP contribution in [0.5, 0.6) is 11.5 Å². The number of aliphatic hydroxyl groups is 2. The second-order valence-electron chi connectivity index (χ2n) is 13.3. The van der Waals surface area contributed by atoms with E-state index < -0.39 is 23.7 Å². The summed E-state index contributed by atoms with van der Waals surface area (Å²) in [6, 6.07) is 5.52. The maximum Gasteiger partial charge on any atom is 0.302 e. The van der Waals surface area contributed by atoms with Crippen LogP contribution in [0.15, 0.2) is 23.2 Å². The Labute approximate surface area is 261 Å². The highest BCUT2D eigenvalue weighted by Crippen LogP contribution is 2.43. The molecule has 10 nitrogen and oxygen atoms in total. The van der Waals surface area contributed by atoms with Crippen molar-refractivity contribution in [2.45, 2.75) is 120 Å². The number of nitrogens with zero attached hydrogens (tertiary/aromatic N) is 1. The lowest BCUT2D eigenvalue weighted by molar-refractivity contribution is -0.152. The number of aliphatic imine (C=N–C) groups is 1. The molecule has 2 heterocycles. The summed E-state index contributed by atoms with van der Waals surface area (Å²) in [5.41, 5.74) is 6.27. The standard InChI is InChI=1S/C34H50N4O6/c1-21(39)43-29-20-25(40)12-15-34(31(38-33(35)36-2)7-4-8-32(34)42)14-11-23-5-3-6-24-19-26(13-16-37-24)44-30-18-22(17-27(23)29)9-10-28(30)41/h9-10,18,23-27,29,31-32,37,40-42H,3-8,12-13,15-17,19-20H2,1-2H3,(H3,35,36,38). The summed E-state index contributed by atoms with van der Waals surface area (Å²) < 4.78 is 12.3. The van der Waals surface area contributed by atoms with Gasteiger partial charge in [0.2, 0.25) is 0 Å². The van der Waals surface area contributed by atoms with Crippen LogP contribution >= 0.6 is 0 Å². The molecule has 7 N–H and O–H groups in total. The van der Waals surface area contributed by atoms with E-state index in [1.165, 1.54) is 6.92 Å². The lowest BCUT2D eigenvalue weighted by Gasteiger charge is -2.45. The minimum Gasteiger partial charge on any atom is -0.504 e.